The first kappa shape index (κ1) is 21.1. The number of carbonyl (C=O) groups is 2. The summed E-state index contributed by atoms with van der Waals surface area (Å²) in [6.07, 6.45) is 1.89. The molecule has 6 heteroatoms. The molecule has 0 aliphatic carbocycles. The highest BCUT2D eigenvalue weighted by Crippen LogP contribution is 2.23. The number of benzene rings is 1. The second-order valence-electron chi connectivity index (χ2n) is 7.08. The Morgan fingerprint density at radius 3 is 2.48 bits per heavy atom. The molecule has 0 aliphatic rings. The lowest BCUT2D eigenvalue weighted by molar-refractivity contribution is -0.676. The van der Waals surface area contributed by atoms with Crippen LogP contribution in [0.5, 0.6) is 0 Å². The van der Waals surface area contributed by atoms with Crippen LogP contribution < -0.4 is 16.0 Å². The Labute approximate surface area is 165 Å². The largest absolute Gasteiger partial charge is 0.338 e. The van der Waals surface area contributed by atoms with Crippen molar-refractivity contribution in [3.63, 3.8) is 0 Å². The van der Waals surface area contributed by atoms with Crippen LogP contribution >= 0.6 is 11.3 Å². The van der Waals surface area contributed by atoms with Gasteiger partial charge in [-0.3, -0.25) is 10.1 Å². The van der Waals surface area contributed by atoms with Crippen LogP contribution in [0.15, 0.2) is 41.8 Å². The van der Waals surface area contributed by atoms with E-state index in [1.807, 2.05) is 23.7 Å². The maximum Gasteiger partial charge on any atom is 0.321 e. The van der Waals surface area contributed by atoms with E-state index in [0.29, 0.717) is 12.5 Å². The van der Waals surface area contributed by atoms with Gasteiger partial charge in [0.1, 0.15) is 6.04 Å². The van der Waals surface area contributed by atoms with E-state index in [4.69, 9.17) is 0 Å². The van der Waals surface area contributed by atoms with Gasteiger partial charge in [-0.1, -0.05) is 51.1 Å². The minimum atomic E-state index is -0.430. The van der Waals surface area contributed by atoms with E-state index < -0.39 is 6.03 Å². The van der Waals surface area contributed by atoms with Crippen molar-refractivity contribution >= 4 is 23.3 Å². The molecule has 0 aliphatic heterocycles. The van der Waals surface area contributed by atoms with Crippen molar-refractivity contribution < 1.29 is 14.9 Å². The third kappa shape index (κ3) is 7.15. The molecule has 0 bridgehead atoms. The summed E-state index contributed by atoms with van der Waals surface area (Å²) in [7, 11) is 0. The zero-order valence-corrected chi connectivity index (χ0v) is 17.1. The molecule has 0 fully saturated rings. The summed E-state index contributed by atoms with van der Waals surface area (Å²) in [6, 6.07) is 12.3. The zero-order chi connectivity index (χ0) is 19.6. The van der Waals surface area contributed by atoms with Crippen LogP contribution in [0.2, 0.25) is 0 Å². The van der Waals surface area contributed by atoms with Gasteiger partial charge in [0.2, 0.25) is 0 Å². The molecular weight excluding hydrogens is 358 g/mol. The fourth-order valence-electron chi connectivity index (χ4n) is 2.90. The molecule has 0 spiro atoms. The van der Waals surface area contributed by atoms with Crippen LogP contribution in [0, 0.1) is 5.92 Å². The van der Waals surface area contributed by atoms with Crippen molar-refractivity contribution in [2.24, 2.45) is 5.92 Å². The number of carbonyl (C=O) groups excluding carboxylic acids is 2. The molecule has 1 heterocycles. The number of urea groups is 1. The number of thiophene rings is 1. The Balaban J connectivity index is 2.01. The van der Waals surface area contributed by atoms with Crippen molar-refractivity contribution in [1.82, 2.24) is 10.6 Å². The number of amides is 3. The molecule has 5 nitrogen and oxygen atoms in total. The Kier molecular flexibility index (Phi) is 8.48. The van der Waals surface area contributed by atoms with Gasteiger partial charge in [0.25, 0.3) is 5.91 Å². The minimum absolute atomic E-state index is 0.0440. The van der Waals surface area contributed by atoms with E-state index >= 15 is 0 Å². The van der Waals surface area contributed by atoms with Crippen molar-refractivity contribution in [2.75, 3.05) is 13.1 Å². The first-order chi connectivity index (χ1) is 13.0. The normalized spacial score (nSPS) is 12.0. The van der Waals surface area contributed by atoms with Crippen LogP contribution in [-0.4, -0.2) is 25.0 Å². The van der Waals surface area contributed by atoms with Gasteiger partial charge < -0.3 is 10.6 Å². The van der Waals surface area contributed by atoms with Crippen LogP contribution in [-0.2, 0) is 11.2 Å². The molecule has 146 valence electrons. The third-order valence-corrected chi connectivity index (χ3v) is 5.12. The summed E-state index contributed by atoms with van der Waals surface area (Å²) in [6.45, 7) is 7.14. The predicted molar refractivity (Wildman–Crippen MR) is 110 cm³/mol. The van der Waals surface area contributed by atoms with E-state index in [-0.39, 0.29) is 18.5 Å². The molecule has 2 rings (SSSR count). The summed E-state index contributed by atoms with van der Waals surface area (Å²) >= 11 is 1.68. The van der Waals surface area contributed by atoms with Crippen LogP contribution in [0.25, 0.3) is 0 Å². The maximum absolute atomic E-state index is 12.1. The zero-order valence-electron chi connectivity index (χ0n) is 16.3. The van der Waals surface area contributed by atoms with E-state index in [0.717, 1.165) is 18.4 Å². The highest BCUT2D eigenvalue weighted by Gasteiger charge is 2.20. The van der Waals surface area contributed by atoms with Gasteiger partial charge in [0.15, 0.2) is 6.54 Å². The quantitative estimate of drug-likeness (QED) is 0.618. The lowest BCUT2D eigenvalue weighted by atomic mass is 9.99. The molecule has 2 aromatic rings. The maximum atomic E-state index is 12.1. The Bertz CT molecular complexity index is 712. The summed E-state index contributed by atoms with van der Waals surface area (Å²) in [4.78, 5) is 24.9. The number of imide groups is 1. The molecular formula is C21H30N3O2S+. The van der Waals surface area contributed by atoms with Gasteiger partial charge in [-0.05, 0) is 35.8 Å². The number of nitrogens with two attached hydrogens (primary N) is 1. The van der Waals surface area contributed by atoms with Gasteiger partial charge in [-0.15, -0.1) is 11.3 Å². The van der Waals surface area contributed by atoms with Crippen LogP contribution in [0.3, 0.4) is 0 Å². The summed E-state index contributed by atoms with van der Waals surface area (Å²) in [5.74, 6) is 0.333. The number of nitrogens with one attached hydrogen (secondary N) is 2. The number of hydrogen-bond acceptors (Lipinski definition) is 3. The number of rotatable bonds is 9. The predicted octanol–water partition coefficient (Wildman–Crippen LogP) is 2.84. The Hall–Kier alpha value is -2.18. The molecule has 27 heavy (non-hydrogen) atoms. The second-order valence-corrected chi connectivity index (χ2v) is 8.06. The number of hydrogen-bond donors (Lipinski definition) is 3. The average molecular weight is 389 g/mol. The van der Waals surface area contributed by atoms with Crippen molar-refractivity contribution in [1.29, 1.82) is 0 Å². The molecule has 1 atom stereocenters. The fraction of sp³-hybridized carbons (Fsp3) is 0.429. The topological polar surface area (TPSA) is 74.8 Å². The summed E-state index contributed by atoms with van der Waals surface area (Å²) < 4.78 is 0. The monoisotopic (exact) mass is 388 g/mol. The molecule has 0 saturated heterocycles. The van der Waals surface area contributed by atoms with E-state index in [2.05, 4.69) is 54.8 Å². The van der Waals surface area contributed by atoms with E-state index in [9.17, 15) is 9.59 Å². The highest BCUT2D eigenvalue weighted by molar-refractivity contribution is 7.10. The lowest BCUT2D eigenvalue weighted by Gasteiger charge is -2.15. The molecule has 0 radical (unpaired) electrons. The summed E-state index contributed by atoms with van der Waals surface area (Å²) in [5, 5.41) is 9.05. The van der Waals surface area contributed by atoms with Crippen molar-refractivity contribution in [3.05, 3.63) is 57.8 Å². The highest BCUT2D eigenvalue weighted by atomic mass is 32.1. The summed E-state index contributed by atoms with van der Waals surface area (Å²) in [5.41, 5.74) is 2.48. The van der Waals surface area contributed by atoms with Crippen molar-refractivity contribution in [2.45, 2.75) is 39.7 Å². The average Bonchev–Trinajstić information content (AvgIpc) is 3.15. The molecule has 0 unspecified atom stereocenters. The number of quaternary nitrogens is 1. The van der Waals surface area contributed by atoms with Crippen LogP contribution in [0.1, 0.15) is 49.2 Å². The van der Waals surface area contributed by atoms with Gasteiger partial charge in [-0.2, -0.15) is 0 Å². The molecule has 4 N–H and O–H groups in total. The fourth-order valence-corrected chi connectivity index (χ4v) is 3.75. The molecule has 1 aromatic carbocycles. The van der Waals surface area contributed by atoms with Gasteiger partial charge in [0, 0.05) is 12.1 Å². The first-order valence-corrected chi connectivity index (χ1v) is 10.4. The molecule has 1 aromatic heterocycles. The minimum Gasteiger partial charge on any atom is -0.338 e. The van der Waals surface area contributed by atoms with Gasteiger partial charge in [0.05, 0.1) is 4.88 Å². The van der Waals surface area contributed by atoms with Crippen LogP contribution in [0.4, 0.5) is 4.79 Å². The Morgan fingerprint density at radius 1 is 1.15 bits per heavy atom. The molecule has 3 amide bonds. The van der Waals surface area contributed by atoms with E-state index in [1.54, 1.807) is 11.3 Å². The van der Waals surface area contributed by atoms with Gasteiger partial charge in [-0.25, -0.2) is 4.79 Å². The smallest absolute Gasteiger partial charge is 0.321 e. The third-order valence-electron chi connectivity index (χ3n) is 4.16. The lowest BCUT2D eigenvalue weighted by Crippen LogP contribution is -2.87. The standard InChI is InChI=1S/C21H29N3O2S/c1-4-11-22-21(26)24-19(25)14-23-20(18-6-5-12-27-18)17-9-7-16(8-10-17)13-15(2)3/h5-10,12,15,20,23H,4,11,13-14H2,1-3H3,(H2,22,24,25,26)/p+1/t20-/m0/s1. The van der Waals surface area contributed by atoms with Gasteiger partial charge >= 0.3 is 6.03 Å². The second kappa shape index (κ2) is 10.8. The van der Waals surface area contributed by atoms with E-state index in [1.165, 1.54) is 10.4 Å². The molecule has 0 saturated carbocycles. The Morgan fingerprint density at radius 2 is 1.89 bits per heavy atom. The van der Waals surface area contributed by atoms with Crippen molar-refractivity contribution in [3.8, 4) is 0 Å². The first-order valence-electron chi connectivity index (χ1n) is 9.52. The SMILES string of the molecule is CCCNC(=O)NC(=O)C[NH2+][C@@H](c1ccc(CC(C)C)cc1)c1cccs1.